The SMILES string of the molecule is Cc1ccc2c(NC(=O)Nc3ccc(Cl)cc3)n[nH]c2n1. The van der Waals surface area contributed by atoms with Crippen molar-refractivity contribution >= 4 is 40.2 Å². The zero-order valence-corrected chi connectivity index (χ0v) is 11.9. The minimum Gasteiger partial charge on any atom is -0.308 e. The molecule has 2 heterocycles. The summed E-state index contributed by atoms with van der Waals surface area (Å²) in [5.74, 6) is 0.434. The van der Waals surface area contributed by atoms with E-state index in [-0.39, 0.29) is 6.03 Å². The molecule has 1 aromatic carbocycles. The number of halogens is 1. The molecule has 21 heavy (non-hydrogen) atoms. The molecule has 3 rings (SSSR count). The lowest BCUT2D eigenvalue weighted by atomic mass is 10.3. The second kappa shape index (κ2) is 5.41. The fourth-order valence-electron chi connectivity index (χ4n) is 1.90. The summed E-state index contributed by atoms with van der Waals surface area (Å²) in [5, 5.41) is 13.6. The maximum atomic E-state index is 11.9. The third-order valence-electron chi connectivity index (χ3n) is 2.90. The molecule has 0 unspecified atom stereocenters. The molecular weight excluding hydrogens is 290 g/mol. The van der Waals surface area contributed by atoms with Gasteiger partial charge >= 0.3 is 6.03 Å². The van der Waals surface area contributed by atoms with Crippen molar-refractivity contribution in [1.82, 2.24) is 15.2 Å². The smallest absolute Gasteiger partial charge is 0.308 e. The average Bonchev–Trinajstić information content (AvgIpc) is 2.83. The van der Waals surface area contributed by atoms with E-state index in [2.05, 4.69) is 25.8 Å². The Morgan fingerprint density at radius 2 is 1.90 bits per heavy atom. The fraction of sp³-hybridized carbons (Fsp3) is 0.0714. The molecule has 0 aliphatic rings. The minimum atomic E-state index is -0.383. The molecule has 0 aliphatic carbocycles. The van der Waals surface area contributed by atoms with Gasteiger partial charge in [0, 0.05) is 16.4 Å². The van der Waals surface area contributed by atoms with Crippen LogP contribution in [0.1, 0.15) is 5.69 Å². The van der Waals surface area contributed by atoms with E-state index in [9.17, 15) is 4.79 Å². The van der Waals surface area contributed by atoms with Gasteiger partial charge in [-0.05, 0) is 43.3 Å². The maximum Gasteiger partial charge on any atom is 0.324 e. The first-order valence-corrected chi connectivity index (χ1v) is 6.65. The Morgan fingerprint density at radius 1 is 1.14 bits per heavy atom. The highest BCUT2D eigenvalue weighted by Crippen LogP contribution is 2.19. The lowest BCUT2D eigenvalue weighted by Gasteiger charge is -2.05. The van der Waals surface area contributed by atoms with E-state index in [1.807, 2.05) is 19.1 Å². The highest BCUT2D eigenvalue weighted by Gasteiger charge is 2.10. The number of fused-ring (bicyclic) bond motifs is 1. The van der Waals surface area contributed by atoms with E-state index in [0.29, 0.717) is 22.2 Å². The summed E-state index contributed by atoms with van der Waals surface area (Å²) in [4.78, 5) is 16.2. The third kappa shape index (κ3) is 2.95. The largest absolute Gasteiger partial charge is 0.324 e. The van der Waals surface area contributed by atoms with Crippen LogP contribution < -0.4 is 10.6 Å². The molecule has 106 valence electrons. The summed E-state index contributed by atoms with van der Waals surface area (Å²) in [5.41, 5.74) is 2.16. The molecule has 2 amide bonds. The van der Waals surface area contributed by atoms with Crippen molar-refractivity contribution in [2.75, 3.05) is 10.6 Å². The Kier molecular flexibility index (Phi) is 3.45. The lowest BCUT2D eigenvalue weighted by molar-refractivity contribution is 0.262. The van der Waals surface area contributed by atoms with Crippen LogP contribution in [0.15, 0.2) is 36.4 Å². The first-order chi connectivity index (χ1) is 10.1. The lowest BCUT2D eigenvalue weighted by Crippen LogP contribution is -2.19. The minimum absolute atomic E-state index is 0.383. The molecule has 0 bridgehead atoms. The number of aryl methyl sites for hydroxylation is 1. The number of urea groups is 1. The molecule has 7 heteroatoms. The molecule has 0 atom stereocenters. The molecule has 6 nitrogen and oxygen atoms in total. The predicted molar refractivity (Wildman–Crippen MR) is 82.7 cm³/mol. The fourth-order valence-corrected chi connectivity index (χ4v) is 2.03. The normalized spacial score (nSPS) is 10.6. The number of pyridine rings is 1. The van der Waals surface area contributed by atoms with E-state index in [1.165, 1.54) is 0 Å². The van der Waals surface area contributed by atoms with Crippen LogP contribution in [0.25, 0.3) is 11.0 Å². The Hall–Kier alpha value is -2.60. The van der Waals surface area contributed by atoms with Gasteiger partial charge in [-0.25, -0.2) is 9.78 Å². The van der Waals surface area contributed by atoms with E-state index in [1.54, 1.807) is 24.3 Å². The summed E-state index contributed by atoms with van der Waals surface area (Å²) >= 11 is 5.79. The van der Waals surface area contributed by atoms with Crippen molar-refractivity contribution < 1.29 is 4.79 Å². The molecule has 0 radical (unpaired) electrons. The van der Waals surface area contributed by atoms with E-state index >= 15 is 0 Å². The van der Waals surface area contributed by atoms with Crippen LogP contribution in [0.2, 0.25) is 5.02 Å². The Balaban J connectivity index is 1.75. The van der Waals surface area contributed by atoms with Crippen molar-refractivity contribution in [2.24, 2.45) is 0 Å². The van der Waals surface area contributed by atoms with Crippen molar-refractivity contribution in [3.05, 3.63) is 47.1 Å². The average molecular weight is 302 g/mol. The molecule has 3 aromatic rings. The number of rotatable bonds is 2. The van der Waals surface area contributed by atoms with Gasteiger partial charge in [-0.1, -0.05) is 11.6 Å². The Bertz CT molecular complexity index is 797. The van der Waals surface area contributed by atoms with Gasteiger partial charge in [0.1, 0.15) is 0 Å². The molecule has 0 saturated carbocycles. The second-order valence-electron chi connectivity index (χ2n) is 4.51. The van der Waals surface area contributed by atoms with E-state index in [4.69, 9.17) is 11.6 Å². The molecular formula is C14H12ClN5O. The number of aromatic nitrogens is 3. The number of carbonyl (C=O) groups is 1. The number of carbonyl (C=O) groups excluding carboxylic acids is 1. The van der Waals surface area contributed by atoms with Crippen molar-refractivity contribution in [3.8, 4) is 0 Å². The van der Waals surface area contributed by atoms with Gasteiger partial charge in [0.15, 0.2) is 11.5 Å². The number of H-pyrrole nitrogens is 1. The number of aromatic amines is 1. The number of benzene rings is 1. The molecule has 0 fully saturated rings. The first-order valence-electron chi connectivity index (χ1n) is 6.27. The molecule has 2 aromatic heterocycles. The third-order valence-corrected chi connectivity index (χ3v) is 3.15. The zero-order valence-electron chi connectivity index (χ0n) is 11.1. The molecule has 0 spiro atoms. The Labute approximate surface area is 125 Å². The zero-order chi connectivity index (χ0) is 14.8. The summed E-state index contributed by atoms with van der Waals surface area (Å²) < 4.78 is 0. The topological polar surface area (TPSA) is 82.7 Å². The number of nitrogens with one attached hydrogen (secondary N) is 3. The Morgan fingerprint density at radius 3 is 2.67 bits per heavy atom. The summed E-state index contributed by atoms with van der Waals surface area (Å²) in [7, 11) is 0. The predicted octanol–water partition coefficient (Wildman–Crippen LogP) is 3.56. The van der Waals surface area contributed by atoms with Gasteiger partial charge in [0.05, 0.1) is 5.39 Å². The van der Waals surface area contributed by atoms with Crippen molar-refractivity contribution in [1.29, 1.82) is 0 Å². The highest BCUT2D eigenvalue weighted by atomic mass is 35.5. The number of anilines is 2. The van der Waals surface area contributed by atoms with Crippen LogP contribution in [0.5, 0.6) is 0 Å². The molecule has 0 aliphatic heterocycles. The van der Waals surface area contributed by atoms with Gasteiger partial charge in [-0.3, -0.25) is 10.4 Å². The van der Waals surface area contributed by atoms with Crippen molar-refractivity contribution in [2.45, 2.75) is 6.92 Å². The van der Waals surface area contributed by atoms with Crippen molar-refractivity contribution in [3.63, 3.8) is 0 Å². The number of nitrogens with zero attached hydrogens (tertiary/aromatic N) is 2. The van der Waals surface area contributed by atoms with Gasteiger partial charge in [-0.15, -0.1) is 0 Å². The monoisotopic (exact) mass is 301 g/mol. The standard InChI is InChI=1S/C14H12ClN5O/c1-8-2-7-11-12(16-8)19-20-13(11)18-14(21)17-10-5-3-9(15)4-6-10/h2-7H,1H3,(H3,16,17,18,19,20,21). The number of hydrogen-bond acceptors (Lipinski definition) is 3. The quantitative estimate of drug-likeness (QED) is 0.676. The van der Waals surface area contributed by atoms with E-state index < -0.39 is 0 Å². The van der Waals surface area contributed by atoms with Crippen LogP contribution in [-0.4, -0.2) is 21.2 Å². The second-order valence-corrected chi connectivity index (χ2v) is 4.94. The van der Waals surface area contributed by atoms with Crippen LogP contribution in [0.3, 0.4) is 0 Å². The van der Waals surface area contributed by atoms with Gasteiger partial charge in [-0.2, -0.15) is 5.10 Å². The first kappa shape index (κ1) is 13.4. The number of hydrogen-bond donors (Lipinski definition) is 3. The number of amides is 2. The van der Waals surface area contributed by atoms with Gasteiger partial charge in [0.25, 0.3) is 0 Å². The van der Waals surface area contributed by atoms with Gasteiger partial charge < -0.3 is 5.32 Å². The molecule has 3 N–H and O–H groups in total. The summed E-state index contributed by atoms with van der Waals surface area (Å²) in [6, 6.07) is 10.2. The highest BCUT2D eigenvalue weighted by molar-refractivity contribution is 6.30. The van der Waals surface area contributed by atoms with Crippen LogP contribution >= 0.6 is 11.6 Å². The maximum absolute atomic E-state index is 11.9. The van der Waals surface area contributed by atoms with Crippen LogP contribution in [0.4, 0.5) is 16.3 Å². The van der Waals surface area contributed by atoms with Crippen LogP contribution in [0, 0.1) is 6.92 Å². The molecule has 0 saturated heterocycles. The van der Waals surface area contributed by atoms with E-state index in [0.717, 1.165) is 11.1 Å². The van der Waals surface area contributed by atoms with Gasteiger partial charge in [0.2, 0.25) is 0 Å². The summed E-state index contributed by atoms with van der Waals surface area (Å²) in [6.45, 7) is 1.89. The van der Waals surface area contributed by atoms with Crippen LogP contribution in [-0.2, 0) is 0 Å². The summed E-state index contributed by atoms with van der Waals surface area (Å²) in [6.07, 6.45) is 0.